The Kier molecular flexibility index (Phi) is 27.7. The van der Waals surface area contributed by atoms with Crippen LogP contribution in [0.5, 0.6) is 0 Å². The first-order valence-electron chi connectivity index (χ1n) is 9.65. The van der Waals surface area contributed by atoms with Crippen LogP contribution in [-0.4, -0.2) is 117 Å². The molecule has 0 saturated carbocycles. The van der Waals surface area contributed by atoms with Gasteiger partial charge in [0.25, 0.3) is 0 Å². The van der Waals surface area contributed by atoms with Crippen molar-refractivity contribution in [3.63, 3.8) is 0 Å². The Morgan fingerprint density at radius 3 is 0.786 bits per heavy atom. The number of hydrogen-bond donors (Lipinski definition) is 0. The van der Waals surface area contributed by atoms with Crippen molar-refractivity contribution in [1.29, 1.82) is 0 Å². The van der Waals surface area contributed by atoms with Crippen molar-refractivity contribution in [2.45, 2.75) is 0 Å². The van der Waals surface area contributed by atoms with Crippen molar-refractivity contribution in [2.75, 3.05) is 117 Å². The Balaban J connectivity index is 2.96. The van der Waals surface area contributed by atoms with Crippen molar-refractivity contribution in [3.8, 4) is 0 Å². The molecular formula is C18H36FIO8. The van der Waals surface area contributed by atoms with Crippen LogP contribution in [0.3, 0.4) is 0 Å². The van der Waals surface area contributed by atoms with Gasteiger partial charge in [0.1, 0.15) is 6.67 Å². The van der Waals surface area contributed by atoms with Gasteiger partial charge >= 0.3 is 0 Å². The van der Waals surface area contributed by atoms with E-state index in [1.54, 1.807) is 0 Å². The molecule has 28 heavy (non-hydrogen) atoms. The summed E-state index contributed by atoms with van der Waals surface area (Å²) in [4.78, 5) is 0. The topological polar surface area (TPSA) is 73.8 Å². The maximum Gasteiger partial charge on any atom is 0.113 e. The summed E-state index contributed by atoms with van der Waals surface area (Å²) in [6.07, 6.45) is 0. The molecule has 0 saturated heterocycles. The summed E-state index contributed by atoms with van der Waals surface area (Å²) in [5.41, 5.74) is 0. The van der Waals surface area contributed by atoms with E-state index < -0.39 is 6.67 Å². The number of alkyl halides is 2. The molecule has 0 spiro atoms. The monoisotopic (exact) mass is 526 g/mol. The third kappa shape index (κ3) is 26.3. The zero-order valence-corrected chi connectivity index (χ0v) is 18.9. The molecule has 0 aromatic carbocycles. The number of rotatable bonds is 25. The molecule has 0 amide bonds. The van der Waals surface area contributed by atoms with Gasteiger partial charge in [-0.1, -0.05) is 22.6 Å². The van der Waals surface area contributed by atoms with Gasteiger partial charge in [0.15, 0.2) is 0 Å². The smallest absolute Gasteiger partial charge is 0.113 e. The normalized spacial score (nSPS) is 11.4. The first-order valence-corrected chi connectivity index (χ1v) is 11.2. The second-order valence-corrected chi connectivity index (χ2v) is 6.36. The van der Waals surface area contributed by atoms with Gasteiger partial charge in [-0.05, 0) is 0 Å². The van der Waals surface area contributed by atoms with Gasteiger partial charge in [0, 0.05) is 4.43 Å². The summed E-state index contributed by atoms with van der Waals surface area (Å²) in [7, 11) is 0. The summed E-state index contributed by atoms with van der Waals surface area (Å²) < 4.78 is 55.1. The molecule has 0 atom stereocenters. The van der Waals surface area contributed by atoms with E-state index in [9.17, 15) is 4.39 Å². The van der Waals surface area contributed by atoms with Crippen molar-refractivity contribution >= 4 is 22.6 Å². The molecule has 0 aromatic rings. The highest BCUT2D eigenvalue weighted by Crippen LogP contribution is 1.86. The SMILES string of the molecule is FCCOCCOCCOCCOCCOCCOCCOCCOCCI. The Morgan fingerprint density at radius 2 is 0.571 bits per heavy atom. The fraction of sp³-hybridized carbons (Fsp3) is 1.00. The van der Waals surface area contributed by atoms with Gasteiger partial charge in [-0.15, -0.1) is 0 Å². The molecule has 170 valence electrons. The lowest BCUT2D eigenvalue weighted by Crippen LogP contribution is -2.15. The molecule has 0 aliphatic carbocycles. The molecule has 0 fully saturated rings. The third-order valence-corrected chi connectivity index (χ3v) is 3.49. The molecule has 0 radical (unpaired) electrons. The van der Waals surface area contributed by atoms with Crippen molar-refractivity contribution in [2.24, 2.45) is 0 Å². The molecule has 0 unspecified atom stereocenters. The molecule has 0 heterocycles. The second-order valence-electron chi connectivity index (χ2n) is 5.28. The summed E-state index contributed by atoms with van der Waals surface area (Å²) >= 11 is 2.27. The van der Waals surface area contributed by atoms with Gasteiger partial charge < -0.3 is 37.9 Å². The van der Waals surface area contributed by atoms with E-state index in [1.165, 1.54) is 0 Å². The minimum atomic E-state index is -0.465. The maximum atomic E-state index is 11.7. The zero-order valence-electron chi connectivity index (χ0n) is 16.7. The highest BCUT2D eigenvalue weighted by molar-refractivity contribution is 14.1. The quantitative estimate of drug-likeness (QED) is 0.101. The van der Waals surface area contributed by atoms with Gasteiger partial charge in [0.2, 0.25) is 0 Å². The maximum absolute atomic E-state index is 11.7. The first kappa shape index (κ1) is 28.3. The van der Waals surface area contributed by atoms with Crippen LogP contribution in [0.25, 0.3) is 0 Å². The molecule has 0 aliphatic heterocycles. The van der Waals surface area contributed by atoms with Gasteiger partial charge in [0.05, 0.1) is 106 Å². The molecule has 8 nitrogen and oxygen atoms in total. The molecule has 10 heteroatoms. The van der Waals surface area contributed by atoms with E-state index in [2.05, 4.69) is 22.6 Å². The number of hydrogen-bond acceptors (Lipinski definition) is 8. The van der Waals surface area contributed by atoms with Crippen LogP contribution >= 0.6 is 22.6 Å². The van der Waals surface area contributed by atoms with Crippen LogP contribution in [0.2, 0.25) is 0 Å². The Bertz CT molecular complexity index is 254. The van der Waals surface area contributed by atoms with Gasteiger partial charge in [-0.25, -0.2) is 4.39 Å². The minimum Gasteiger partial charge on any atom is -0.378 e. The summed E-state index contributed by atoms with van der Waals surface area (Å²) in [6, 6.07) is 0. The summed E-state index contributed by atoms with van der Waals surface area (Å²) in [5.74, 6) is 0. The third-order valence-electron chi connectivity index (χ3n) is 3.05. The van der Waals surface area contributed by atoms with E-state index >= 15 is 0 Å². The molecule has 0 aliphatic rings. The van der Waals surface area contributed by atoms with Crippen molar-refractivity contribution in [1.82, 2.24) is 0 Å². The molecule has 0 rings (SSSR count). The predicted octanol–water partition coefficient (Wildman–Crippen LogP) is 1.52. The van der Waals surface area contributed by atoms with E-state index in [0.29, 0.717) is 92.5 Å². The summed E-state index contributed by atoms with van der Waals surface area (Å²) in [6.45, 7) is 7.73. The lowest BCUT2D eigenvalue weighted by atomic mass is 10.6. The fourth-order valence-corrected chi connectivity index (χ4v) is 2.06. The van der Waals surface area contributed by atoms with Crippen LogP contribution in [0, 0.1) is 0 Å². The average Bonchev–Trinajstić information content (AvgIpc) is 2.71. The number of ether oxygens (including phenoxy) is 8. The molecular weight excluding hydrogens is 490 g/mol. The van der Waals surface area contributed by atoms with Crippen LogP contribution in [0.1, 0.15) is 0 Å². The van der Waals surface area contributed by atoms with Crippen LogP contribution in [0.4, 0.5) is 4.39 Å². The largest absolute Gasteiger partial charge is 0.378 e. The number of halogens is 2. The molecule has 0 N–H and O–H groups in total. The van der Waals surface area contributed by atoms with E-state index in [0.717, 1.165) is 11.0 Å². The van der Waals surface area contributed by atoms with Gasteiger partial charge in [-0.3, -0.25) is 0 Å². The van der Waals surface area contributed by atoms with Crippen LogP contribution in [-0.2, 0) is 37.9 Å². The Labute approximate surface area is 181 Å². The van der Waals surface area contributed by atoms with Crippen LogP contribution in [0.15, 0.2) is 0 Å². The Morgan fingerprint density at radius 1 is 0.357 bits per heavy atom. The van der Waals surface area contributed by atoms with Crippen molar-refractivity contribution < 1.29 is 42.3 Å². The highest BCUT2D eigenvalue weighted by atomic mass is 127. The second kappa shape index (κ2) is 27.3. The van der Waals surface area contributed by atoms with E-state index in [1.807, 2.05) is 0 Å². The Hall–Kier alpha value is 0.340. The molecule has 0 aromatic heterocycles. The van der Waals surface area contributed by atoms with Gasteiger partial charge in [-0.2, -0.15) is 0 Å². The molecule has 0 bridgehead atoms. The first-order chi connectivity index (χ1) is 13.9. The summed E-state index contributed by atoms with van der Waals surface area (Å²) in [5, 5.41) is 0. The zero-order chi connectivity index (χ0) is 20.4. The highest BCUT2D eigenvalue weighted by Gasteiger charge is 1.95. The lowest BCUT2D eigenvalue weighted by Gasteiger charge is -2.08. The van der Waals surface area contributed by atoms with Crippen molar-refractivity contribution in [3.05, 3.63) is 0 Å². The fourth-order valence-electron chi connectivity index (χ4n) is 1.75. The van der Waals surface area contributed by atoms with E-state index in [-0.39, 0.29) is 6.61 Å². The van der Waals surface area contributed by atoms with Crippen LogP contribution < -0.4 is 0 Å². The standard InChI is InChI=1S/C18H36FIO8/c19-1-3-21-5-7-23-9-11-25-13-15-27-17-18-28-16-14-26-12-10-24-8-6-22-4-2-20/h1-18H2. The predicted molar refractivity (Wildman–Crippen MR) is 111 cm³/mol. The average molecular weight is 526 g/mol. The lowest BCUT2D eigenvalue weighted by molar-refractivity contribution is -0.0230. The minimum absolute atomic E-state index is 0.123. The van der Waals surface area contributed by atoms with E-state index in [4.69, 9.17) is 37.9 Å².